The summed E-state index contributed by atoms with van der Waals surface area (Å²) in [6, 6.07) is 0.713. The molecule has 2 heteroatoms. The smallest absolute Gasteiger partial charge is 0.0615 e. The highest BCUT2D eigenvalue weighted by Crippen LogP contribution is 2.41. The summed E-state index contributed by atoms with van der Waals surface area (Å²) in [5.74, 6) is 0. The van der Waals surface area contributed by atoms with Crippen LogP contribution in [0.3, 0.4) is 0 Å². The molecule has 2 saturated heterocycles. The monoisotopic (exact) mass is 155 g/mol. The van der Waals surface area contributed by atoms with E-state index in [2.05, 4.69) is 11.8 Å². The highest BCUT2D eigenvalue weighted by atomic mass is 16.3. The topological polar surface area (TPSA) is 23.5 Å². The van der Waals surface area contributed by atoms with E-state index in [4.69, 9.17) is 0 Å². The van der Waals surface area contributed by atoms with Crippen LogP contribution in [0.15, 0.2) is 0 Å². The van der Waals surface area contributed by atoms with E-state index in [1.165, 1.54) is 32.2 Å². The van der Waals surface area contributed by atoms with Crippen LogP contribution >= 0.6 is 0 Å². The van der Waals surface area contributed by atoms with E-state index in [1.807, 2.05) is 0 Å². The van der Waals surface area contributed by atoms with Gasteiger partial charge >= 0.3 is 0 Å². The van der Waals surface area contributed by atoms with E-state index >= 15 is 0 Å². The van der Waals surface area contributed by atoms with Crippen molar-refractivity contribution in [2.24, 2.45) is 0 Å². The van der Waals surface area contributed by atoms with Crippen molar-refractivity contribution in [1.29, 1.82) is 0 Å². The van der Waals surface area contributed by atoms with Crippen LogP contribution in [0.5, 0.6) is 0 Å². The summed E-state index contributed by atoms with van der Waals surface area (Å²) in [7, 11) is 0. The molecule has 11 heavy (non-hydrogen) atoms. The first kappa shape index (κ1) is 7.56. The van der Waals surface area contributed by atoms with Gasteiger partial charge in [0, 0.05) is 11.6 Å². The Morgan fingerprint density at radius 3 is 3.00 bits per heavy atom. The summed E-state index contributed by atoms with van der Waals surface area (Å²) in [6.07, 6.45) is 4.99. The van der Waals surface area contributed by atoms with Gasteiger partial charge in [0.2, 0.25) is 0 Å². The van der Waals surface area contributed by atoms with Crippen LogP contribution in [0.1, 0.15) is 32.6 Å². The van der Waals surface area contributed by atoms with Crippen LogP contribution in [0.4, 0.5) is 0 Å². The number of rotatable bonds is 1. The first-order valence-corrected chi connectivity index (χ1v) is 4.66. The number of aliphatic hydroxyl groups excluding tert-OH is 1. The molecule has 2 nitrogen and oxygen atoms in total. The van der Waals surface area contributed by atoms with Gasteiger partial charge in [-0.3, -0.25) is 4.90 Å². The molecule has 2 heterocycles. The maximum absolute atomic E-state index is 9.30. The SMILES string of the molecule is C[C@H]1CC[C@@]2(CO)CCCN12. The third kappa shape index (κ3) is 0.926. The molecule has 1 N–H and O–H groups in total. The molecule has 2 atom stereocenters. The summed E-state index contributed by atoms with van der Waals surface area (Å²) in [5, 5.41) is 9.30. The van der Waals surface area contributed by atoms with Crippen molar-refractivity contribution in [2.75, 3.05) is 13.2 Å². The minimum Gasteiger partial charge on any atom is -0.394 e. The van der Waals surface area contributed by atoms with Gasteiger partial charge in [-0.2, -0.15) is 0 Å². The fourth-order valence-electron chi connectivity index (χ4n) is 2.80. The Balaban J connectivity index is 2.18. The molecule has 0 aromatic carbocycles. The number of fused-ring (bicyclic) bond motifs is 1. The summed E-state index contributed by atoms with van der Waals surface area (Å²) in [4.78, 5) is 2.51. The number of hydrogen-bond donors (Lipinski definition) is 1. The van der Waals surface area contributed by atoms with E-state index < -0.39 is 0 Å². The summed E-state index contributed by atoms with van der Waals surface area (Å²) in [5.41, 5.74) is 0.208. The van der Waals surface area contributed by atoms with Gasteiger partial charge in [-0.15, -0.1) is 0 Å². The second-order valence-corrected chi connectivity index (χ2v) is 4.07. The van der Waals surface area contributed by atoms with Crippen molar-refractivity contribution in [1.82, 2.24) is 4.90 Å². The second kappa shape index (κ2) is 2.46. The minimum atomic E-state index is 0.208. The number of aliphatic hydroxyl groups is 1. The lowest BCUT2D eigenvalue weighted by molar-refractivity contribution is 0.0818. The molecule has 0 bridgehead atoms. The third-order valence-electron chi connectivity index (χ3n) is 3.50. The molecule has 0 amide bonds. The van der Waals surface area contributed by atoms with Gasteiger partial charge in [0.15, 0.2) is 0 Å². The largest absolute Gasteiger partial charge is 0.394 e. The van der Waals surface area contributed by atoms with E-state index in [1.54, 1.807) is 0 Å². The average Bonchev–Trinajstić information content (AvgIpc) is 2.53. The van der Waals surface area contributed by atoms with E-state index in [0.717, 1.165) is 0 Å². The molecule has 0 aromatic heterocycles. The summed E-state index contributed by atoms with van der Waals surface area (Å²) >= 11 is 0. The van der Waals surface area contributed by atoms with Gasteiger partial charge in [0.05, 0.1) is 6.61 Å². The van der Waals surface area contributed by atoms with Gasteiger partial charge in [-0.1, -0.05) is 0 Å². The highest BCUT2D eigenvalue weighted by molar-refractivity contribution is 5.02. The molecule has 2 fully saturated rings. The summed E-state index contributed by atoms with van der Waals surface area (Å²) < 4.78 is 0. The number of hydrogen-bond acceptors (Lipinski definition) is 2. The van der Waals surface area contributed by atoms with Gasteiger partial charge in [0.25, 0.3) is 0 Å². The normalized spacial score (nSPS) is 44.7. The molecule has 64 valence electrons. The molecule has 0 aromatic rings. The van der Waals surface area contributed by atoms with E-state index in [9.17, 15) is 5.11 Å². The van der Waals surface area contributed by atoms with Crippen molar-refractivity contribution in [3.63, 3.8) is 0 Å². The van der Waals surface area contributed by atoms with E-state index in [-0.39, 0.29) is 5.54 Å². The standard InChI is InChI=1S/C9H17NO/c1-8-3-5-9(7-11)4-2-6-10(8)9/h8,11H,2-7H2,1H3/t8-,9+/m0/s1. The predicted molar refractivity (Wildman–Crippen MR) is 44.5 cm³/mol. The molecule has 0 aliphatic carbocycles. The molecule has 0 unspecified atom stereocenters. The zero-order valence-electron chi connectivity index (χ0n) is 7.21. The molecule has 2 aliphatic heterocycles. The van der Waals surface area contributed by atoms with Crippen molar-refractivity contribution in [3.8, 4) is 0 Å². The third-order valence-corrected chi connectivity index (χ3v) is 3.50. The van der Waals surface area contributed by atoms with E-state index in [0.29, 0.717) is 12.6 Å². The number of nitrogens with zero attached hydrogens (tertiary/aromatic N) is 1. The highest BCUT2D eigenvalue weighted by Gasteiger charge is 2.46. The molecular formula is C9H17NO. The Hall–Kier alpha value is -0.0800. The van der Waals surface area contributed by atoms with Crippen LogP contribution in [-0.4, -0.2) is 34.7 Å². The maximum atomic E-state index is 9.30. The van der Waals surface area contributed by atoms with Crippen LogP contribution in [0, 0.1) is 0 Å². The Morgan fingerprint density at radius 1 is 1.55 bits per heavy atom. The zero-order valence-corrected chi connectivity index (χ0v) is 7.21. The zero-order chi connectivity index (χ0) is 7.90. The molecule has 2 rings (SSSR count). The van der Waals surface area contributed by atoms with Crippen LogP contribution < -0.4 is 0 Å². The first-order chi connectivity index (χ1) is 5.28. The molecule has 2 aliphatic rings. The lowest BCUT2D eigenvalue weighted by Gasteiger charge is -2.31. The van der Waals surface area contributed by atoms with Gasteiger partial charge in [0.1, 0.15) is 0 Å². The Labute approximate surface area is 68.2 Å². The Morgan fingerprint density at radius 2 is 2.36 bits per heavy atom. The van der Waals surface area contributed by atoms with Gasteiger partial charge < -0.3 is 5.11 Å². The predicted octanol–water partition coefficient (Wildman–Crippen LogP) is 0.996. The Kier molecular flexibility index (Phi) is 1.69. The van der Waals surface area contributed by atoms with Crippen molar-refractivity contribution in [3.05, 3.63) is 0 Å². The second-order valence-electron chi connectivity index (χ2n) is 4.07. The molecular weight excluding hydrogens is 138 g/mol. The Bertz CT molecular complexity index is 160. The van der Waals surface area contributed by atoms with Crippen LogP contribution in [0.2, 0.25) is 0 Å². The van der Waals surface area contributed by atoms with Crippen molar-refractivity contribution >= 4 is 0 Å². The molecule has 0 spiro atoms. The van der Waals surface area contributed by atoms with Gasteiger partial charge in [-0.05, 0) is 39.2 Å². The fraction of sp³-hybridized carbons (Fsp3) is 1.00. The molecule has 0 saturated carbocycles. The van der Waals surface area contributed by atoms with Crippen molar-refractivity contribution in [2.45, 2.75) is 44.2 Å². The lowest BCUT2D eigenvalue weighted by Crippen LogP contribution is -2.44. The minimum absolute atomic E-state index is 0.208. The maximum Gasteiger partial charge on any atom is 0.0615 e. The van der Waals surface area contributed by atoms with Crippen molar-refractivity contribution < 1.29 is 5.11 Å². The average molecular weight is 155 g/mol. The van der Waals surface area contributed by atoms with Gasteiger partial charge in [-0.25, -0.2) is 0 Å². The van der Waals surface area contributed by atoms with Crippen LogP contribution in [0.25, 0.3) is 0 Å². The lowest BCUT2D eigenvalue weighted by atomic mass is 9.95. The fourth-order valence-corrected chi connectivity index (χ4v) is 2.80. The quantitative estimate of drug-likeness (QED) is 0.610. The summed E-state index contributed by atoms with van der Waals surface area (Å²) in [6.45, 7) is 3.86. The first-order valence-electron chi connectivity index (χ1n) is 4.66. The van der Waals surface area contributed by atoms with Crippen LogP contribution in [-0.2, 0) is 0 Å². The molecule has 0 radical (unpaired) electrons.